The van der Waals surface area contributed by atoms with Crippen molar-refractivity contribution in [2.45, 2.75) is 13.0 Å². The standard InChI is InChI=1S/C14H19FN2.ClH/c1-10(11-2-4-14(15)5-3-11)17-8-12-6-16-7-13(12)9-17;/h2-5,10,12-13,16H,6-9H2,1H3;1H/t10?,12-,13+;. The summed E-state index contributed by atoms with van der Waals surface area (Å²) in [6, 6.07) is 7.34. The molecule has 0 aliphatic carbocycles. The van der Waals surface area contributed by atoms with Gasteiger partial charge in [0.15, 0.2) is 0 Å². The fourth-order valence-electron chi connectivity index (χ4n) is 3.16. The minimum absolute atomic E-state index is 0. The summed E-state index contributed by atoms with van der Waals surface area (Å²) in [4.78, 5) is 2.53. The SMILES string of the molecule is CC(c1ccc(F)cc1)N1C[C@H]2CNC[C@H]2C1.Cl. The molecule has 4 heteroatoms. The average molecular weight is 271 g/mol. The summed E-state index contributed by atoms with van der Waals surface area (Å²) >= 11 is 0. The molecule has 18 heavy (non-hydrogen) atoms. The van der Waals surface area contributed by atoms with Crippen molar-refractivity contribution >= 4 is 12.4 Å². The third kappa shape index (κ3) is 2.53. The summed E-state index contributed by atoms with van der Waals surface area (Å²) in [7, 11) is 0. The summed E-state index contributed by atoms with van der Waals surface area (Å²) in [6.45, 7) is 6.91. The highest BCUT2D eigenvalue weighted by atomic mass is 35.5. The van der Waals surface area contributed by atoms with Crippen molar-refractivity contribution < 1.29 is 4.39 Å². The first-order valence-electron chi connectivity index (χ1n) is 6.44. The Labute approximate surface area is 114 Å². The van der Waals surface area contributed by atoms with Crippen molar-refractivity contribution in [3.05, 3.63) is 35.6 Å². The number of nitrogens with one attached hydrogen (secondary N) is 1. The van der Waals surface area contributed by atoms with E-state index in [1.54, 1.807) is 12.1 Å². The van der Waals surface area contributed by atoms with E-state index in [9.17, 15) is 4.39 Å². The van der Waals surface area contributed by atoms with Gasteiger partial charge in [0.1, 0.15) is 5.82 Å². The molecule has 0 radical (unpaired) electrons. The van der Waals surface area contributed by atoms with E-state index in [4.69, 9.17) is 0 Å². The van der Waals surface area contributed by atoms with Crippen LogP contribution in [0.4, 0.5) is 4.39 Å². The highest BCUT2D eigenvalue weighted by molar-refractivity contribution is 5.85. The maximum Gasteiger partial charge on any atom is 0.123 e. The first-order chi connectivity index (χ1) is 8.24. The number of halogens is 2. The topological polar surface area (TPSA) is 15.3 Å². The van der Waals surface area contributed by atoms with Gasteiger partial charge < -0.3 is 5.32 Å². The van der Waals surface area contributed by atoms with Gasteiger partial charge in [-0.05, 0) is 49.5 Å². The number of nitrogens with zero attached hydrogens (tertiary/aromatic N) is 1. The average Bonchev–Trinajstić information content (AvgIpc) is 2.89. The highest BCUT2D eigenvalue weighted by Gasteiger charge is 2.37. The van der Waals surface area contributed by atoms with Gasteiger partial charge in [-0.15, -0.1) is 12.4 Å². The lowest BCUT2D eigenvalue weighted by atomic mass is 10.0. The second kappa shape index (κ2) is 5.55. The van der Waals surface area contributed by atoms with Crippen molar-refractivity contribution in [3.63, 3.8) is 0 Å². The molecule has 2 nitrogen and oxygen atoms in total. The van der Waals surface area contributed by atoms with Gasteiger partial charge in [0.05, 0.1) is 0 Å². The Morgan fingerprint density at radius 3 is 2.28 bits per heavy atom. The van der Waals surface area contributed by atoms with Crippen LogP contribution in [0.3, 0.4) is 0 Å². The Morgan fingerprint density at radius 1 is 1.17 bits per heavy atom. The summed E-state index contributed by atoms with van der Waals surface area (Å²) in [5.74, 6) is 1.49. The van der Waals surface area contributed by atoms with E-state index in [1.165, 1.54) is 18.7 Å². The molecule has 1 unspecified atom stereocenters. The molecule has 100 valence electrons. The first-order valence-corrected chi connectivity index (χ1v) is 6.44. The van der Waals surface area contributed by atoms with Crippen LogP contribution in [0.15, 0.2) is 24.3 Å². The number of rotatable bonds is 2. The van der Waals surface area contributed by atoms with Crippen molar-refractivity contribution in [1.82, 2.24) is 10.2 Å². The third-order valence-electron chi connectivity index (χ3n) is 4.32. The van der Waals surface area contributed by atoms with Crippen LogP contribution in [-0.2, 0) is 0 Å². The summed E-state index contributed by atoms with van der Waals surface area (Å²) in [5.41, 5.74) is 1.22. The molecule has 1 aromatic rings. The van der Waals surface area contributed by atoms with E-state index in [0.717, 1.165) is 24.9 Å². The molecular weight excluding hydrogens is 251 g/mol. The predicted octanol–water partition coefficient (Wildman–Crippen LogP) is 2.46. The van der Waals surface area contributed by atoms with Gasteiger partial charge in [0.2, 0.25) is 0 Å². The Bertz CT molecular complexity index is 383. The van der Waals surface area contributed by atoms with Gasteiger partial charge in [0.25, 0.3) is 0 Å². The molecule has 2 aliphatic heterocycles. The third-order valence-corrected chi connectivity index (χ3v) is 4.32. The molecule has 2 heterocycles. The molecule has 0 spiro atoms. The van der Waals surface area contributed by atoms with Crippen molar-refractivity contribution in [1.29, 1.82) is 0 Å². The zero-order valence-electron chi connectivity index (χ0n) is 10.6. The van der Waals surface area contributed by atoms with Crippen LogP contribution in [0.25, 0.3) is 0 Å². The number of benzene rings is 1. The first kappa shape index (κ1) is 13.8. The quantitative estimate of drug-likeness (QED) is 0.888. The van der Waals surface area contributed by atoms with E-state index >= 15 is 0 Å². The van der Waals surface area contributed by atoms with Crippen LogP contribution in [0.1, 0.15) is 18.5 Å². The fourth-order valence-corrected chi connectivity index (χ4v) is 3.16. The van der Waals surface area contributed by atoms with Crippen LogP contribution in [0, 0.1) is 17.7 Å². The molecular formula is C14H20ClFN2. The number of hydrogen-bond acceptors (Lipinski definition) is 2. The smallest absolute Gasteiger partial charge is 0.123 e. The van der Waals surface area contributed by atoms with Crippen LogP contribution in [0.2, 0.25) is 0 Å². The maximum absolute atomic E-state index is 12.9. The van der Waals surface area contributed by atoms with Gasteiger partial charge in [0, 0.05) is 19.1 Å². The van der Waals surface area contributed by atoms with Gasteiger partial charge in [-0.2, -0.15) is 0 Å². The van der Waals surface area contributed by atoms with E-state index in [0.29, 0.717) is 6.04 Å². The molecule has 2 aliphatic rings. The van der Waals surface area contributed by atoms with E-state index < -0.39 is 0 Å². The summed E-state index contributed by atoms with van der Waals surface area (Å²) in [5, 5.41) is 3.45. The van der Waals surface area contributed by atoms with Gasteiger partial charge in [-0.3, -0.25) is 4.90 Å². The Balaban J connectivity index is 0.00000120. The van der Waals surface area contributed by atoms with E-state index in [1.807, 2.05) is 12.1 Å². The minimum Gasteiger partial charge on any atom is -0.316 e. The Kier molecular flexibility index (Phi) is 4.25. The van der Waals surface area contributed by atoms with Crippen molar-refractivity contribution in [2.75, 3.05) is 26.2 Å². The lowest BCUT2D eigenvalue weighted by molar-refractivity contribution is 0.244. The monoisotopic (exact) mass is 270 g/mol. The Hall–Kier alpha value is -0.640. The Morgan fingerprint density at radius 2 is 1.72 bits per heavy atom. The zero-order chi connectivity index (χ0) is 11.8. The predicted molar refractivity (Wildman–Crippen MR) is 73.5 cm³/mol. The van der Waals surface area contributed by atoms with Crippen molar-refractivity contribution in [3.8, 4) is 0 Å². The lowest BCUT2D eigenvalue weighted by Gasteiger charge is -2.25. The molecule has 1 N–H and O–H groups in total. The number of likely N-dealkylation sites (tertiary alicyclic amines) is 1. The molecule has 2 saturated heterocycles. The van der Waals surface area contributed by atoms with Crippen molar-refractivity contribution in [2.24, 2.45) is 11.8 Å². The fraction of sp³-hybridized carbons (Fsp3) is 0.571. The lowest BCUT2D eigenvalue weighted by Crippen LogP contribution is -2.28. The number of hydrogen-bond donors (Lipinski definition) is 1. The maximum atomic E-state index is 12.9. The van der Waals surface area contributed by atoms with Crippen LogP contribution in [0.5, 0.6) is 0 Å². The van der Waals surface area contributed by atoms with Gasteiger partial charge in [-0.1, -0.05) is 12.1 Å². The van der Waals surface area contributed by atoms with Crippen LogP contribution >= 0.6 is 12.4 Å². The molecule has 0 bridgehead atoms. The molecule has 0 amide bonds. The summed E-state index contributed by atoms with van der Waals surface area (Å²) in [6.07, 6.45) is 0. The molecule has 1 aromatic carbocycles. The second-order valence-electron chi connectivity index (χ2n) is 5.36. The molecule has 3 atom stereocenters. The van der Waals surface area contributed by atoms with E-state index in [-0.39, 0.29) is 18.2 Å². The van der Waals surface area contributed by atoms with E-state index in [2.05, 4.69) is 17.1 Å². The molecule has 0 saturated carbocycles. The van der Waals surface area contributed by atoms with Crippen LogP contribution in [-0.4, -0.2) is 31.1 Å². The van der Waals surface area contributed by atoms with Gasteiger partial charge >= 0.3 is 0 Å². The highest BCUT2D eigenvalue weighted by Crippen LogP contribution is 2.32. The van der Waals surface area contributed by atoms with Crippen LogP contribution < -0.4 is 5.32 Å². The molecule has 2 fully saturated rings. The number of fused-ring (bicyclic) bond motifs is 1. The second-order valence-corrected chi connectivity index (χ2v) is 5.36. The normalized spacial score (nSPS) is 28.8. The molecule has 3 rings (SSSR count). The summed E-state index contributed by atoms with van der Waals surface area (Å²) < 4.78 is 12.9. The minimum atomic E-state index is -0.150. The van der Waals surface area contributed by atoms with Gasteiger partial charge in [-0.25, -0.2) is 4.39 Å². The zero-order valence-corrected chi connectivity index (χ0v) is 11.4. The molecule has 0 aromatic heterocycles. The largest absolute Gasteiger partial charge is 0.316 e.